The van der Waals surface area contributed by atoms with E-state index in [1.165, 1.54) is 11.5 Å². The standard InChI is InChI=1S/C12H8BrN3S/c13-9-6-7-11-15-17-12(16(11)8-9)14-10-4-2-1-3-5-10/h1-8H. The maximum absolute atomic E-state index is 4.57. The van der Waals surface area contributed by atoms with Crippen molar-refractivity contribution in [3.63, 3.8) is 0 Å². The van der Waals surface area contributed by atoms with Crippen molar-refractivity contribution in [3.8, 4) is 0 Å². The van der Waals surface area contributed by atoms with Crippen LogP contribution < -0.4 is 4.80 Å². The first-order valence-corrected chi connectivity index (χ1v) is 6.63. The predicted molar refractivity (Wildman–Crippen MR) is 72.4 cm³/mol. The summed E-state index contributed by atoms with van der Waals surface area (Å²) in [7, 11) is 0. The molecule has 0 radical (unpaired) electrons. The van der Waals surface area contributed by atoms with Crippen LogP contribution in [0.3, 0.4) is 0 Å². The first-order valence-electron chi connectivity index (χ1n) is 5.06. The molecule has 0 fully saturated rings. The highest BCUT2D eigenvalue weighted by molar-refractivity contribution is 9.10. The Morgan fingerprint density at radius 1 is 1.12 bits per heavy atom. The molecular weight excluding hydrogens is 298 g/mol. The van der Waals surface area contributed by atoms with Crippen LogP contribution in [0.5, 0.6) is 0 Å². The third-order valence-electron chi connectivity index (χ3n) is 2.30. The van der Waals surface area contributed by atoms with Gasteiger partial charge in [0.05, 0.1) is 5.69 Å². The molecule has 0 spiro atoms. The number of fused-ring (bicyclic) bond motifs is 1. The number of para-hydroxylation sites is 1. The Labute approximate surface area is 110 Å². The molecule has 0 N–H and O–H groups in total. The summed E-state index contributed by atoms with van der Waals surface area (Å²) < 4.78 is 7.33. The lowest BCUT2D eigenvalue weighted by Gasteiger charge is -1.94. The van der Waals surface area contributed by atoms with Gasteiger partial charge in [0.1, 0.15) is 0 Å². The molecule has 0 saturated carbocycles. The molecule has 2 aromatic heterocycles. The SMILES string of the molecule is Brc1ccc2nsc(=Nc3ccccc3)n2c1. The van der Waals surface area contributed by atoms with Crippen LogP contribution in [-0.2, 0) is 0 Å². The second-order valence-electron chi connectivity index (χ2n) is 3.49. The average molecular weight is 306 g/mol. The minimum atomic E-state index is 0.868. The van der Waals surface area contributed by atoms with E-state index in [0.717, 1.165) is 20.6 Å². The molecular formula is C12H8BrN3S. The van der Waals surface area contributed by atoms with Gasteiger partial charge in [0, 0.05) is 22.2 Å². The summed E-state index contributed by atoms with van der Waals surface area (Å²) in [5, 5.41) is 0. The summed E-state index contributed by atoms with van der Waals surface area (Å²) >= 11 is 4.84. The van der Waals surface area contributed by atoms with Gasteiger partial charge in [-0.2, -0.15) is 4.37 Å². The fraction of sp³-hybridized carbons (Fsp3) is 0. The molecule has 5 heteroatoms. The lowest BCUT2D eigenvalue weighted by atomic mass is 10.3. The van der Waals surface area contributed by atoms with Gasteiger partial charge in [-0.25, -0.2) is 4.99 Å². The molecule has 0 unspecified atom stereocenters. The molecule has 0 aliphatic carbocycles. The molecule has 1 aromatic carbocycles. The lowest BCUT2D eigenvalue weighted by molar-refractivity contribution is 1.08. The normalized spacial score (nSPS) is 12.2. The number of halogens is 1. The van der Waals surface area contributed by atoms with E-state index in [9.17, 15) is 0 Å². The molecule has 0 amide bonds. The third kappa shape index (κ3) is 2.16. The Bertz CT molecular complexity index is 715. The van der Waals surface area contributed by atoms with Gasteiger partial charge in [-0.3, -0.25) is 4.40 Å². The maximum Gasteiger partial charge on any atom is 0.213 e. The van der Waals surface area contributed by atoms with Gasteiger partial charge in [0.25, 0.3) is 0 Å². The molecule has 0 aliphatic heterocycles. The molecule has 0 saturated heterocycles. The quantitative estimate of drug-likeness (QED) is 0.677. The predicted octanol–water partition coefficient (Wildman–Crippen LogP) is 3.39. The fourth-order valence-corrected chi connectivity index (χ4v) is 2.55. The van der Waals surface area contributed by atoms with E-state index >= 15 is 0 Å². The Morgan fingerprint density at radius 2 is 1.94 bits per heavy atom. The van der Waals surface area contributed by atoms with Gasteiger partial charge in [-0.1, -0.05) is 18.2 Å². The highest BCUT2D eigenvalue weighted by Crippen LogP contribution is 2.12. The Hall–Kier alpha value is -1.46. The number of benzene rings is 1. The van der Waals surface area contributed by atoms with Gasteiger partial charge in [0.2, 0.25) is 4.80 Å². The number of aromatic nitrogens is 2. The molecule has 17 heavy (non-hydrogen) atoms. The average Bonchev–Trinajstić information content (AvgIpc) is 2.73. The number of nitrogens with zero attached hydrogens (tertiary/aromatic N) is 3. The van der Waals surface area contributed by atoms with Crippen LogP contribution in [0.4, 0.5) is 5.69 Å². The van der Waals surface area contributed by atoms with E-state index in [0.29, 0.717) is 0 Å². The summed E-state index contributed by atoms with van der Waals surface area (Å²) in [4.78, 5) is 5.44. The summed E-state index contributed by atoms with van der Waals surface area (Å²) in [6.07, 6.45) is 1.97. The lowest BCUT2D eigenvalue weighted by Crippen LogP contribution is -2.05. The Balaban J connectivity index is 2.24. The third-order valence-corrected chi connectivity index (χ3v) is 3.50. The van der Waals surface area contributed by atoms with E-state index < -0.39 is 0 Å². The molecule has 84 valence electrons. The van der Waals surface area contributed by atoms with Crippen molar-refractivity contribution in [2.24, 2.45) is 4.99 Å². The highest BCUT2D eigenvalue weighted by Gasteiger charge is 1.99. The van der Waals surface area contributed by atoms with Gasteiger partial charge in [0.15, 0.2) is 5.65 Å². The second kappa shape index (κ2) is 4.43. The van der Waals surface area contributed by atoms with Gasteiger partial charge >= 0.3 is 0 Å². The number of hydrogen-bond donors (Lipinski definition) is 0. The minimum absolute atomic E-state index is 0.868. The second-order valence-corrected chi connectivity index (χ2v) is 5.13. The number of pyridine rings is 1. The fourth-order valence-electron chi connectivity index (χ4n) is 1.51. The zero-order chi connectivity index (χ0) is 11.7. The first kappa shape index (κ1) is 10.7. The van der Waals surface area contributed by atoms with Crippen molar-refractivity contribution in [1.29, 1.82) is 0 Å². The Kier molecular flexibility index (Phi) is 2.78. The molecule has 3 aromatic rings. The van der Waals surface area contributed by atoms with Crippen molar-refractivity contribution >= 4 is 38.8 Å². The topological polar surface area (TPSA) is 29.7 Å². The largest absolute Gasteiger partial charge is 0.274 e. The summed E-state index contributed by atoms with van der Waals surface area (Å²) in [6, 6.07) is 13.8. The van der Waals surface area contributed by atoms with Crippen molar-refractivity contribution < 1.29 is 0 Å². The van der Waals surface area contributed by atoms with Gasteiger partial charge in [-0.15, -0.1) is 0 Å². The zero-order valence-electron chi connectivity index (χ0n) is 8.75. The molecule has 3 nitrogen and oxygen atoms in total. The van der Waals surface area contributed by atoms with Gasteiger partial charge in [-0.05, 0) is 40.2 Å². The first-order chi connectivity index (χ1) is 8.33. The van der Waals surface area contributed by atoms with E-state index in [1.54, 1.807) is 0 Å². The van der Waals surface area contributed by atoms with Crippen molar-refractivity contribution in [2.45, 2.75) is 0 Å². The molecule has 0 aliphatic rings. The van der Waals surface area contributed by atoms with Crippen LogP contribution in [0, 0.1) is 0 Å². The maximum atomic E-state index is 4.57. The highest BCUT2D eigenvalue weighted by atomic mass is 79.9. The van der Waals surface area contributed by atoms with E-state index in [1.807, 2.05) is 53.1 Å². The van der Waals surface area contributed by atoms with Crippen LogP contribution in [0.15, 0.2) is 58.1 Å². The van der Waals surface area contributed by atoms with Crippen molar-refractivity contribution in [3.05, 3.63) is 57.9 Å². The van der Waals surface area contributed by atoms with Crippen LogP contribution in [0.2, 0.25) is 0 Å². The Morgan fingerprint density at radius 3 is 2.76 bits per heavy atom. The van der Waals surface area contributed by atoms with Crippen molar-refractivity contribution in [2.75, 3.05) is 0 Å². The zero-order valence-corrected chi connectivity index (χ0v) is 11.1. The van der Waals surface area contributed by atoms with Gasteiger partial charge < -0.3 is 0 Å². The van der Waals surface area contributed by atoms with E-state index in [2.05, 4.69) is 25.3 Å². The molecule has 0 atom stereocenters. The molecule has 2 heterocycles. The summed E-state index contributed by atoms with van der Waals surface area (Å²) in [5.74, 6) is 0. The van der Waals surface area contributed by atoms with Crippen LogP contribution in [0.1, 0.15) is 0 Å². The number of rotatable bonds is 1. The van der Waals surface area contributed by atoms with E-state index in [-0.39, 0.29) is 0 Å². The van der Waals surface area contributed by atoms with Crippen LogP contribution in [0.25, 0.3) is 5.65 Å². The van der Waals surface area contributed by atoms with Crippen LogP contribution >= 0.6 is 27.5 Å². The van der Waals surface area contributed by atoms with Crippen molar-refractivity contribution in [1.82, 2.24) is 8.77 Å². The summed E-state index contributed by atoms with van der Waals surface area (Å²) in [5.41, 5.74) is 1.85. The number of hydrogen-bond acceptors (Lipinski definition) is 3. The molecule has 3 rings (SSSR count). The van der Waals surface area contributed by atoms with Crippen LogP contribution in [-0.4, -0.2) is 8.77 Å². The monoisotopic (exact) mass is 305 g/mol. The smallest absolute Gasteiger partial charge is 0.213 e. The summed E-state index contributed by atoms with van der Waals surface area (Å²) in [6.45, 7) is 0. The minimum Gasteiger partial charge on any atom is -0.274 e. The molecule has 0 bridgehead atoms. The van der Waals surface area contributed by atoms with E-state index in [4.69, 9.17) is 0 Å².